The number of benzene rings is 2. The maximum Gasteiger partial charge on any atom is 0.335 e. The molecule has 9 heteroatoms. The van der Waals surface area contributed by atoms with Crippen molar-refractivity contribution in [1.82, 2.24) is 9.99 Å². The molecule has 2 heterocycles. The number of rotatable bonds is 5. The fraction of sp³-hybridized carbons (Fsp3) is 0.120. The second-order valence-corrected chi connectivity index (χ2v) is 7.62. The predicted octanol–water partition coefficient (Wildman–Crippen LogP) is 3.16. The summed E-state index contributed by atoms with van der Waals surface area (Å²) in [6.07, 6.45) is 1.41. The Morgan fingerprint density at radius 3 is 2.32 bits per heavy atom. The molecule has 0 spiro atoms. The summed E-state index contributed by atoms with van der Waals surface area (Å²) < 4.78 is 6.69. The van der Waals surface area contributed by atoms with E-state index < -0.39 is 17.8 Å². The number of hydrogen-bond donors (Lipinski definition) is 2. The number of ether oxygens (including phenoxy) is 1. The molecular weight excluding hydrogens is 436 g/mol. The standard InChI is InChI=1S/C25H22N4O5/c1-15-13-18(16(2)29(15)27-22(30)17-7-5-4-6-8-17)14-21-23(31)26-25(33)28(24(21)32)19-9-11-20(34-3)12-10-19/h4-14H,1-3H3,(H,27,30)(H,26,31,33)/b21-14+. The van der Waals surface area contributed by atoms with Crippen LogP contribution in [-0.4, -0.2) is 35.5 Å². The van der Waals surface area contributed by atoms with Crippen LogP contribution >= 0.6 is 0 Å². The number of aromatic nitrogens is 1. The molecule has 2 aromatic carbocycles. The van der Waals surface area contributed by atoms with Crippen molar-refractivity contribution in [2.24, 2.45) is 0 Å². The van der Waals surface area contributed by atoms with E-state index >= 15 is 0 Å². The van der Waals surface area contributed by atoms with Crippen LogP contribution < -0.4 is 20.4 Å². The van der Waals surface area contributed by atoms with Gasteiger partial charge in [-0.25, -0.2) is 9.69 Å². The van der Waals surface area contributed by atoms with Gasteiger partial charge < -0.3 is 4.74 Å². The van der Waals surface area contributed by atoms with Crippen molar-refractivity contribution in [3.05, 3.63) is 88.8 Å². The molecule has 1 aliphatic rings. The molecule has 9 nitrogen and oxygen atoms in total. The van der Waals surface area contributed by atoms with Crippen molar-refractivity contribution >= 4 is 35.5 Å². The molecule has 5 amide bonds. The number of urea groups is 1. The molecule has 0 saturated carbocycles. The first kappa shape index (κ1) is 22.5. The first-order chi connectivity index (χ1) is 16.3. The molecule has 2 N–H and O–H groups in total. The zero-order valence-corrected chi connectivity index (χ0v) is 18.8. The second kappa shape index (κ2) is 9.07. The number of anilines is 1. The van der Waals surface area contributed by atoms with Crippen molar-refractivity contribution < 1.29 is 23.9 Å². The normalized spacial score (nSPS) is 14.9. The molecule has 172 valence electrons. The number of carbonyl (C=O) groups is 4. The summed E-state index contributed by atoms with van der Waals surface area (Å²) in [5.74, 6) is -1.29. The highest BCUT2D eigenvalue weighted by Crippen LogP contribution is 2.25. The molecule has 34 heavy (non-hydrogen) atoms. The number of nitrogens with one attached hydrogen (secondary N) is 2. The highest BCUT2D eigenvalue weighted by atomic mass is 16.5. The summed E-state index contributed by atoms with van der Waals surface area (Å²) in [7, 11) is 1.51. The number of barbiturate groups is 1. The van der Waals surface area contributed by atoms with E-state index in [1.807, 2.05) is 6.07 Å². The number of carbonyl (C=O) groups excluding carboxylic acids is 4. The van der Waals surface area contributed by atoms with Crippen LogP contribution in [0.5, 0.6) is 5.75 Å². The van der Waals surface area contributed by atoms with Gasteiger partial charge in [-0.05, 0) is 68.0 Å². The zero-order valence-electron chi connectivity index (χ0n) is 18.8. The molecule has 0 aliphatic carbocycles. The number of hydrogen-bond acceptors (Lipinski definition) is 5. The van der Waals surface area contributed by atoms with Gasteiger partial charge >= 0.3 is 6.03 Å². The number of methoxy groups -OCH3 is 1. The van der Waals surface area contributed by atoms with Gasteiger partial charge in [0, 0.05) is 17.0 Å². The third kappa shape index (κ3) is 4.18. The van der Waals surface area contributed by atoms with Gasteiger partial charge in [0.05, 0.1) is 12.8 Å². The fourth-order valence-electron chi connectivity index (χ4n) is 3.64. The molecule has 1 saturated heterocycles. The van der Waals surface area contributed by atoms with E-state index in [-0.39, 0.29) is 11.5 Å². The number of amides is 5. The van der Waals surface area contributed by atoms with E-state index in [1.165, 1.54) is 13.2 Å². The lowest BCUT2D eigenvalue weighted by Crippen LogP contribution is -2.54. The van der Waals surface area contributed by atoms with E-state index in [2.05, 4.69) is 10.7 Å². The smallest absolute Gasteiger partial charge is 0.335 e. The average molecular weight is 458 g/mol. The molecule has 0 radical (unpaired) electrons. The molecule has 0 atom stereocenters. The van der Waals surface area contributed by atoms with Crippen LogP contribution in [0.15, 0.2) is 66.2 Å². The average Bonchev–Trinajstić information content (AvgIpc) is 3.10. The highest BCUT2D eigenvalue weighted by molar-refractivity contribution is 6.39. The van der Waals surface area contributed by atoms with E-state index in [4.69, 9.17) is 4.74 Å². The quantitative estimate of drug-likeness (QED) is 0.451. The SMILES string of the molecule is COc1ccc(N2C(=O)NC(=O)/C(=C\c3cc(C)n(NC(=O)c4ccccc4)c3C)C2=O)cc1. The lowest BCUT2D eigenvalue weighted by molar-refractivity contribution is -0.122. The van der Waals surface area contributed by atoms with Crippen LogP contribution in [0.4, 0.5) is 10.5 Å². The monoisotopic (exact) mass is 458 g/mol. The van der Waals surface area contributed by atoms with Crippen LogP contribution in [0.1, 0.15) is 27.3 Å². The maximum atomic E-state index is 13.1. The van der Waals surface area contributed by atoms with Crippen molar-refractivity contribution in [2.75, 3.05) is 17.4 Å². The molecular formula is C25H22N4O5. The molecule has 1 fully saturated rings. The largest absolute Gasteiger partial charge is 0.497 e. The summed E-state index contributed by atoms with van der Waals surface area (Å²) in [5.41, 5.74) is 5.25. The first-order valence-corrected chi connectivity index (χ1v) is 10.4. The zero-order chi connectivity index (χ0) is 24.4. The Balaban J connectivity index is 1.65. The summed E-state index contributed by atoms with van der Waals surface area (Å²) in [6, 6.07) is 16.0. The molecule has 0 bridgehead atoms. The van der Waals surface area contributed by atoms with Gasteiger partial charge in [0.1, 0.15) is 11.3 Å². The molecule has 1 aliphatic heterocycles. The summed E-state index contributed by atoms with van der Waals surface area (Å²) in [6.45, 7) is 3.54. The van der Waals surface area contributed by atoms with Crippen molar-refractivity contribution in [3.8, 4) is 5.75 Å². The van der Waals surface area contributed by atoms with Crippen LogP contribution in [0.25, 0.3) is 6.08 Å². The molecule has 0 unspecified atom stereocenters. The van der Waals surface area contributed by atoms with E-state index in [0.717, 1.165) is 4.90 Å². The van der Waals surface area contributed by atoms with Gasteiger partial charge in [0.15, 0.2) is 0 Å². The van der Waals surface area contributed by atoms with Gasteiger partial charge in [-0.15, -0.1) is 0 Å². The van der Waals surface area contributed by atoms with Gasteiger partial charge in [-0.3, -0.25) is 29.8 Å². The lowest BCUT2D eigenvalue weighted by Gasteiger charge is -2.26. The Morgan fingerprint density at radius 1 is 1.00 bits per heavy atom. The number of aryl methyl sites for hydroxylation is 1. The fourth-order valence-corrected chi connectivity index (χ4v) is 3.64. The summed E-state index contributed by atoms with van der Waals surface area (Å²) in [5, 5.41) is 2.20. The van der Waals surface area contributed by atoms with Gasteiger partial charge in [-0.2, -0.15) is 0 Å². The Hall–Kier alpha value is -4.66. The highest BCUT2D eigenvalue weighted by Gasteiger charge is 2.37. The minimum atomic E-state index is -0.835. The van der Waals surface area contributed by atoms with Gasteiger partial charge in [0.2, 0.25) is 0 Å². The number of imide groups is 2. The second-order valence-electron chi connectivity index (χ2n) is 7.62. The van der Waals surface area contributed by atoms with Gasteiger partial charge in [-0.1, -0.05) is 18.2 Å². The third-order valence-electron chi connectivity index (χ3n) is 5.45. The van der Waals surface area contributed by atoms with Crippen LogP contribution in [-0.2, 0) is 9.59 Å². The number of nitrogens with zero attached hydrogens (tertiary/aromatic N) is 2. The minimum absolute atomic E-state index is 0.204. The van der Waals surface area contributed by atoms with E-state index in [9.17, 15) is 19.2 Å². The van der Waals surface area contributed by atoms with Crippen molar-refractivity contribution in [2.45, 2.75) is 13.8 Å². The van der Waals surface area contributed by atoms with E-state index in [1.54, 1.807) is 73.1 Å². The third-order valence-corrected chi connectivity index (χ3v) is 5.45. The minimum Gasteiger partial charge on any atom is -0.497 e. The Labute approximate surface area is 195 Å². The molecule has 4 rings (SSSR count). The van der Waals surface area contributed by atoms with Crippen LogP contribution in [0.2, 0.25) is 0 Å². The first-order valence-electron chi connectivity index (χ1n) is 10.4. The van der Waals surface area contributed by atoms with Crippen LogP contribution in [0, 0.1) is 13.8 Å². The van der Waals surface area contributed by atoms with Crippen molar-refractivity contribution in [3.63, 3.8) is 0 Å². The Kier molecular flexibility index (Phi) is 6.01. The Bertz CT molecular complexity index is 1320. The summed E-state index contributed by atoms with van der Waals surface area (Å²) in [4.78, 5) is 51.5. The lowest BCUT2D eigenvalue weighted by atomic mass is 10.1. The predicted molar refractivity (Wildman–Crippen MR) is 126 cm³/mol. The van der Waals surface area contributed by atoms with Crippen molar-refractivity contribution in [1.29, 1.82) is 0 Å². The van der Waals surface area contributed by atoms with E-state index in [0.29, 0.717) is 34.0 Å². The van der Waals surface area contributed by atoms with Gasteiger partial charge in [0.25, 0.3) is 17.7 Å². The van der Waals surface area contributed by atoms with Crippen LogP contribution in [0.3, 0.4) is 0 Å². The molecule has 3 aromatic rings. The topological polar surface area (TPSA) is 110 Å². The molecule has 1 aromatic heterocycles. The Morgan fingerprint density at radius 2 is 1.68 bits per heavy atom. The maximum absolute atomic E-state index is 13.1. The summed E-state index contributed by atoms with van der Waals surface area (Å²) >= 11 is 0.